The van der Waals surface area contributed by atoms with Crippen LogP contribution in [0.2, 0.25) is 0 Å². The number of fused-ring (bicyclic) bond motifs is 2. The highest BCUT2D eigenvalue weighted by Crippen LogP contribution is 2.33. The van der Waals surface area contributed by atoms with Gasteiger partial charge in [0.15, 0.2) is 0 Å². The number of rotatable bonds is 3. The third-order valence-corrected chi connectivity index (χ3v) is 5.14. The van der Waals surface area contributed by atoms with Gasteiger partial charge in [-0.05, 0) is 72.4 Å². The Labute approximate surface area is 131 Å². The lowest BCUT2D eigenvalue weighted by Gasteiger charge is -2.28. The van der Waals surface area contributed by atoms with Gasteiger partial charge in [0.2, 0.25) is 5.91 Å². The van der Waals surface area contributed by atoms with Gasteiger partial charge in [-0.1, -0.05) is 0 Å². The number of amides is 1. The van der Waals surface area contributed by atoms with Crippen molar-refractivity contribution in [1.82, 2.24) is 5.32 Å². The Balaban J connectivity index is 1.57. The molecule has 2 N–H and O–H groups in total. The molecule has 1 aromatic rings. The van der Waals surface area contributed by atoms with Crippen LogP contribution in [-0.4, -0.2) is 18.0 Å². The monoisotopic (exact) mass is 388 g/mol. The van der Waals surface area contributed by atoms with Gasteiger partial charge in [-0.15, -0.1) is 0 Å². The van der Waals surface area contributed by atoms with Crippen LogP contribution in [0.5, 0.6) is 0 Å². The van der Waals surface area contributed by atoms with Gasteiger partial charge < -0.3 is 10.6 Å². The topological polar surface area (TPSA) is 41.1 Å². The SMILES string of the molecule is O=C(CC1CC2CCC(C1)N2)Nc1ccc(F)cc1I. The maximum Gasteiger partial charge on any atom is 0.224 e. The summed E-state index contributed by atoms with van der Waals surface area (Å²) in [6, 6.07) is 5.65. The van der Waals surface area contributed by atoms with Crippen molar-refractivity contribution in [3.63, 3.8) is 0 Å². The number of nitrogens with one attached hydrogen (secondary N) is 2. The van der Waals surface area contributed by atoms with Crippen LogP contribution in [-0.2, 0) is 4.79 Å². The summed E-state index contributed by atoms with van der Waals surface area (Å²) in [5.41, 5.74) is 0.703. The van der Waals surface area contributed by atoms with Gasteiger partial charge in [0.05, 0.1) is 5.69 Å². The lowest BCUT2D eigenvalue weighted by molar-refractivity contribution is -0.117. The third-order valence-electron chi connectivity index (χ3n) is 4.25. The van der Waals surface area contributed by atoms with Gasteiger partial charge in [0.1, 0.15) is 5.82 Å². The molecule has 2 saturated heterocycles. The minimum atomic E-state index is -0.276. The highest BCUT2D eigenvalue weighted by atomic mass is 127. The van der Waals surface area contributed by atoms with Crippen molar-refractivity contribution in [3.8, 4) is 0 Å². The summed E-state index contributed by atoms with van der Waals surface area (Å²) < 4.78 is 13.8. The molecule has 2 aliphatic heterocycles. The van der Waals surface area contributed by atoms with Gasteiger partial charge in [-0.25, -0.2) is 4.39 Å². The summed E-state index contributed by atoms with van der Waals surface area (Å²) in [7, 11) is 0. The Kier molecular flexibility index (Phi) is 4.26. The molecule has 0 aromatic heterocycles. The number of benzene rings is 1. The molecule has 3 nitrogen and oxygen atoms in total. The number of halogens is 2. The number of carbonyl (C=O) groups excluding carboxylic acids is 1. The highest BCUT2D eigenvalue weighted by molar-refractivity contribution is 14.1. The molecule has 0 radical (unpaired) electrons. The lowest BCUT2D eigenvalue weighted by Crippen LogP contribution is -2.39. The number of hydrogen-bond donors (Lipinski definition) is 2. The zero-order valence-corrected chi connectivity index (χ0v) is 13.3. The van der Waals surface area contributed by atoms with Gasteiger partial charge >= 0.3 is 0 Å². The fourth-order valence-corrected chi connectivity index (χ4v) is 4.01. The fraction of sp³-hybridized carbons (Fsp3) is 0.533. The van der Waals surface area contributed by atoms with Gasteiger partial charge in [-0.2, -0.15) is 0 Å². The Morgan fingerprint density at radius 1 is 1.35 bits per heavy atom. The molecule has 20 heavy (non-hydrogen) atoms. The Morgan fingerprint density at radius 3 is 2.70 bits per heavy atom. The predicted octanol–water partition coefficient (Wildman–Crippen LogP) is 3.29. The molecule has 0 aliphatic carbocycles. The Hall–Kier alpha value is -0.690. The van der Waals surface area contributed by atoms with E-state index in [1.807, 2.05) is 22.6 Å². The van der Waals surface area contributed by atoms with Crippen LogP contribution in [0.1, 0.15) is 32.1 Å². The van der Waals surface area contributed by atoms with E-state index in [9.17, 15) is 9.18 Å². The smallest absolute Gasteiger partial charge is 0.224 e. The van der Waals surface area contributed by atoms with Crippen LogP contribution in [0, 0.1) is 15.3 Å². The fourth-order valence-electron chi connectivity index (χ4n) is 3.40. The average Bonchev–Trinajstić information content (AvgIpc) is 2.72. The summed E-state index contributed by atoms with van der Waals surface area (Å²) in [5, 5.41) is 6.49. The van der Waals surface area contributed by atoms with E-state index in [4.69, 9.17) is 0 Å². The van der Waals surface area contributed by atoms with Crippen LogP contribution in [0.3, 0.4) is 0 Å². The molecule has 2 bridgehead atoms. The molecule has 108 valence electrons. The molecule has 2 fully saturated rings. The molecule has 2 heterocycles. The van der Waals surface area contributed by atoms with Crippen molar-refractivity contribution in [3.05, 3.63) is 27.6 Å². The van der Waals surface area contributed by atoms with Crippen LogP contribution >= 0.6 is 22.6 Å². The molecule has 0 spiro atoms. The third kappa shape index (κ3) is 3.31. The lowest BCUT2D eigenvalue weighted by atomic mass is 9.89. The molecule has 2 aliphatic rings. The summed E-state index contributed by atoms with van der Waals surface area (Å²) in [5.74, 6) is 0.245. The van der Waals surface area contributed by atoms with E-state index in [-0.39, 0.29) is 11.7 Å². The maximum absolute atomic E-state index is 13.0. The summed E-state index contributed by atoms with van der Waals surface area (Å²) in [6.07, 6.45) is 5.27. The zero-order chi connectivity index (χ0) is 14.1. The minimum absolute atomic E-state index is 0.0424. The second-order valence-electron chi connectivity index (χ2n) is 5.85. The summed E-state index contributed by atoms with van der Waals surface area (Å²) >= 11 is 2.04. The first-order valence-electron chi connectivity index (χ1n) is 7.11. The van der Waals surface area contributed by atoms with E-state index in [0.717, 1.165) is 16.4 Å². The molecule has 0 saturated carbocycles. The number of carbonyl (C=O) groups is 1. The van der Waals surface area contributed by atoms with Crippen molar-refractivity contribution in [2.75, 3.05) is 5.32 Å². The molecule has 3 rings (SSSR count). The standard InChI is InChI=1S/C15H18FIN2O/c16-10-1-4-14(13(17)8-10)19-15(20)7-9-5-11-2-3-12(6-9)18-11/h1,4,8-9,11-12,18H,2-3,5-7H2,(H,19,20). The van der Waals surface area contributed by atoms with E-state index < -0.39 is 0 Å². The van der Waals surface area contributed by atoms with Crippen LogP contribution in [0.15, 0.2) is 18.2 Å². The predicted molar refractivity (Wildman–Crippen MR) is 85.0 cm³/mol. The molecule has 1 aromatic carbocycles. The molecule has 2 atom stereocenters. The average molecular weight is 388 g/mol. The van der Waals surface area contributed by atoms with Crippen molar-refractivity contribution < 1.29 is 9.18 Å². The maximum atomic E-state index is 13.0. The highest BCUT2D eigenvalue weighted by Gasteiger charge is 2.34. The number of hydrogen-bond acceptors (Lipinski definition) is 2. The van der Waals surface area contributed by atoms with Gasteiger partial charge in [0.25, 0.3) is 0 Å². The summed E-state index contributed by atoms with van der Waals surface area (Å²) in [6.45, 7) is 0. The van der Waals surface area contributed by atoms with Crippen LogP contribution in [0.4, 0.5) is 10.1 Å². The van der Waals surface area contributed by atoms with Crippen molar-refractivity contribution in [2.45, 2.75) is 44.2 Å². The van der Waals surface area contributed by atoms with Gasteiger partial charge in [0, 0.05) is 22.1 Å². The second kappa shape index (κ2) is 5.97. The number of piperidine rings is 1. The Morgan fingerprint density at radius 2 is 2.05 bits per heavy atom. The second-order valence-corrected chi connectivity index (χ2v) is 7.01. The van der Waals surface area contributed by atoms with Gasteiger partial charge in [-0.3, -0.25) is 4.79 Å². The van der Waals surface area contributed by atoms with Crippen molar-refractivity contribution in [2.24, 2.45) is 5.92 Å². The van der Waals surface area contributed by atoms with Crippen LogP contribution < -0.4 is 10.6 Å². The van der Waals surface area contributed by atoms with E-state index >= 15 is 0 Å². The summed E-state index contributed by atoms with van der Waals surface area (Å²) in [4.78, 5) is 12.1. The molecular formula is C15H18FIN2O. The van der Waals surface area contributed by atoms with E-state index in [1.165, 1.54) is 25.0 Å². The largest absolute Gasteiger partial charge is 0.325 e. The number of anilines is 1. The van der Waals surface area contributed by atoms with E-state index in [0.29, 0.717) is 30.1 Å². The van der Waals surface area contributed by atoms with E-state index in [1.54, 1.807) is 6.07 Å². The molecule has 2 unspecified atom stereocenters. The first-order valence-corrected chi connectivity index (χ1v) is 8.19. The normalized spacial score (nSPS) is 28.4. The molecule has 1 amide bonds. The van der Waals surface area contributed by atoms with Crippen molar-refractivity contribution in [1.29, 1.82) is 0 Å². The quantitative estimate of drug-likeness (QED) is 0.781. The molecular weight excluding hydrogens is 370 g/mol. The van der Waals surface area contributed by atoms with E-state index in [2.05, 4.69) is 10.6 Å². The van der Waals surface area contributed by atoms with Crippen molar-refractivity contribution >= 4 is 34.2 Å². The first kappa shape index (κ1) is 14.3. The zero-order valence-electron chi connectivity index (χ0n) is 11.2. The molecule has 5 heteroatoms. The first-order chi connectivity index (χ1) is 9.60. The van der Waals surface area contributed by atoms with Crippen LogP contribution in [0.25, 0.3) is 0 Å². The Bertz CT molecular complexity index is 511. The minimum Gasteiger partial charge on any atom is -0.325 e.